The Kier molecular flexibility index (Phi) is 6.97. The van der Waals surface area contributed by atoms with Crippen LogP contribution in [0.1, 0.15) is 0 Å². The van der Waals surface area contributed by atoms with E-state index in [4.69, 9.17) is 19.2 Å². The molecule has 0 heterocycles. The first-order valence-electron chi connectivity index (χ1n) is 4.31. The Labute approximate surface area is 120 Å². The molecule has 7 heteroatoms. The van der Waals surface area contributed by atoms with Gasteiger partial charge in [0.1, 0.15) is 0 Å². The Bertz CT molecular complexity index is 511. The van der Waals surface area contributed by atoms with E-state index >= 15 is 0 Å². The fraction of sp³-hybridized carbons (Fsp3) is 0. The number of benzene rings is 2. The van der Waals surface area contributed by atoms with Gasteiger partial charge in [-0.2, -0.15) is 0 Å². The van der Waals surface area contributed by atoms with Crippen molar-refractivity contribution in [2.75, 3.05) is 0 Å². The zero-order valence-electron chi connectivity index (χ0n) is 9.15. The normalized spacial score (nSPS) is 10.1. The predicted octanol–water partition coefficient (Wildman–Crippen LogP) is -2.01. The van der Waals surface area contributed by atoms with E-state index in [0.29, 0.717) is 0 Å². The third kappa shape index (κ3) is 6.81. The molecule has 0 fully saturated rings. The summed E-state index contributed by atoms with van der Waals surface area (Å²) in [5, 5.41) is 13.0. The van der Waals surface area contributed by atoms with Crippen molar-refractivity contribution in [1.82, 2.24) is 0 Å². The molecule has 0 saturated carbocycles. The molecule has 0 aromatic heterocycles. The number of hydrogen-bond acceptors (Lipinski definition) is 2. The van der Waals surface area contributed by atoms with Crippen molar-refractivity contribution in [2.45, 2.75) is 0 Å². The van der Waals surface area contributed by atoms with Crippen LogP contribution in [-0.4, -0.2) is 14.7 Å². The van der Waals surface area contributed by atoms with E-state index in [0.717, 1.165) is 10.8 Å². The van der Waals surface area contributed by atoms with Crippen LogP contribution in [0.3, 0.4) is 0 Å². The van der Waals surface area contributed by atoms with Crippen LogP contribution in [0, 0.1) is 0 Å². The molecular weight excluding hydrogens is 254 g/mol. The minimum Gasteiger partial charge on any atom is -0.872 e. The van der Waals surface area contributed by atoms with E-state index in [2.05, 4.69) is 0 Å². The van der Waals surface area contributed by atoms with Crippen molar-refractivity contribution in [1.29, 1.82) is 0 Å². The van der Waals surface area contributed by atoms with Crippen molar-refractivity contribution in [3.63, 3.8) is 0 Å². The predicted molar refractivity (Wildman–Crippen MR) is 57.7 cm³/mol. The maximum absolute atomic E-state index is 11.2. The van der Waals surface area contributed by atoms with Crippen LogP contribution in [0.4, 0.5) is 0 Å². The summed E-state index contributed by atoms with van der Waals surface area (Å²) in [6.07, 6.45) is 0. The first-order chi connectivity index (χ1) is 7.38. The van der Waals surface area contributed by atoms with Crippen LogP contribution in [0.2, 0.25) is 0 Å². The summed E-state index contributed by atoms with van der Waals surface area (Å²) in [5.74, 6) is 0.100. The quantitative estimate of drug-likeness (QED) is 0.377. The summed E-state index contributed by atoms with van der Waals surface area (Å²) >= 11 is 0. The first kappa shape index (κ1) is 16.6. The van der Waals surface area contributed by atoms with Crippen LogP contribution in [0.15, 0.2) is 42.5 Å². The molecular formula is C10H10NaO5P. The zero-order chi connectivity index (χ0) is 12.2. The Morgan fingerprint density at radius 3 is 1.94 bits per heavy atom. The van der Waals surface area contributed by atoms with Gasteiger partial charge < -0.3 is 19.8 Å². The van der Waals surface area contributed by atoms with Crippen LogP contribution >= 0.6 is 7.82 Å². The molecule has 0 unspecified atom stereocenters. The van der Waals surface area contributed by atoms with Crippen molar-refractivity contribution in [3.8, 4) is 5.75 Å². The van der Waals surface area contributed by atoms with Gasteiger partial charge in [0.2, 0.25) is 0 Å². The second-order valence-corrected chi connectivity index (χ2v) is 4.02. The molecule has 86 valence electrons. The van der Waals surface area contributed by atoms with Gasteiger partial charge >= 0.3 is 37.4 Å². The second kappa shape index (κ2) is 7.13. The fourth-order valence-corrected chi connectivity index (χ4v) is 1.20. The van der Waals surface area contributed by atoms with Crippen molar-refractivity contribution < 1.29 is 53.9 Å². The smallest absolute Gasteiger partial charge is 0.872 e. The molecule has 2 aromatic carbocycles. The molecule has 0 amide bonds. The van der Waals surface area contributed by atoms with Gasteiger partial charge in [0, 0.05) is 0 Å². The van der Waals surface area contributed by atoms with E-state index in [9.17, 15) is 5.11 Å². The van der Waals surface area contributed by atoms with Crippen LogP contribution in [0.5, 0.6) is 5.75 Å². The Balaban J connectivity index is 0.000000373. The summed E-state index contributed by atoms with van der Waals surface area (Å²) in [6, 6.07) is 12.9. The van der Waals surface area contributed by atoms with E-state index < -0.39 is 7.82 Å². The van der Waals surface area contributed by atoms with Gasteiger partial charge in [-0.15, -0.1) is 5.75 Å². The Hall–Kier alpha value is -0.390. The minimum absolute atomic E-state index is 0. The summed E-state index contributed by atoms with van der Waals surface area (Å²) in [6.45, 7) is 0. The summed E-state index contributed by atoms with van der Waals surface area (Å²) in [4.78, 5) is 21.6. The molecule has 2 aromatic rings. The average molecular weight is 264 g/mol. The molecule has 0 atom stereocenters. The third-order valence-corrected chi connectivity index (χ3v) is 1.75. The fourth-order valence-electron chi connectivity index (χ4n) is 1.20. The molecule has 0 spiro atoms. The molecule has 0 aliphatic rings. The standard InChI is InChI=1S/C10H8O.Na.H3O4P/c11-10-7-3-5-8-4-1-2-6-9(8)10;;1-5(2,3)4/h1-7,11H;;(H3,1,2,3,4)/q;+1;/p-1. The van der Waals surface area contributed by atoms with E-state index in [1.165, 1.54) is 0 Å². The topological polar surface area (TPSA) is 101 Å². The Morgan fingerprint density at radius 2 is 1.41 bits per heavy atom. The van der Waals surface area contributed by atoms with Crippen LogP contribution in [-0.2, 0) is 4.57 Å². The molecule has 0 radical (unpaired) electrons. The number of fused-ring (bicyclic) bond motifs is 1. The molecule has 5 nitrogen and oxygen atoms in total. The summed E-state index contributed by atoms with van der Waals surface area (Å²) < 4.78 is 8.88. The Morgan fingerprint density at radius 1 is 0.941 bits per heavy atom. The first-order valence-corrected chi connectivity index (χ1v) is 5.87. The molecule has 0 aliphatic carbocycles. The summed E-state index contributed by atoms with van der Waals surface area (Å²) in [7, 11) is -4.64. The van der Waals surface area contributed by atoms with Crippen molar-refractivity contribution in [2.24, 2.45) is 0 Å². The zero-order valence-corrected chi connectivity index (χ0v) is 12.0. The SMILES string of the molecule is O=P(O)(O)O.[Na+].[O-]c1cccc2ccccc12. The molecule has 0 saturated heterocycles. The average Bonchev–Trinajstić information content (AvgIpc) is 2.16. The number of rotatable bonds is 0. The number of phosphoric acid groups is 1. The van der Waals surface area contributed by atoms with Crippen LogP contribution < -0.4 is 34.7 Å². The van der Waals surface area contributed by atoms with Gasteiger partial charge in [0.15, 0.2) is 0 Å². The van der Waals surface area contributed by atoms with Crippen LogP contribution in [0.25, 0.3) is 10.8 Å². The third-order valence-electron chi connectivity index (χ3n) is 1.75. The van der Waals surface area contributed by atoms with Gasteiger partial charge in [0.05, 0.1) is 0 Å². The van der Waals surface area contributed by atoms with E-state index in [-0.39, 0.29) is 35.3 Å². The molecule has 0 bridgehead atoms. The van der Waals surface area contributed by atoms with Crippen molar-refractivity contribution >= 4 is 18.6 Å². The van der Waals surface area contributed by atoms with Gasteiger partial charge in [0.25, 0.3) is 0 Å². The largest absolute Gasteiger partial charge is 1.00 e. The van der Waals surface area contributed by atoms with Gasteiger partial charge in [-0.3, -0.25) is 0 Å². The van der Waals surface area contributed by atoms with Gasteiger partial charge in [-0.05, 0) is 10.8 Å². The second-order valence-electron chi connectivity index (χ2n) is 2.99. The minimum atomic E-state index is -4.64. The molecule has 0 aliphatic heterocycles. The monoisotopic (exact) mass is 264 g/mol. The van der Waals surface area contributed by atoms with E-state index in [1.807, 2.05) is 30.3 Å². The maximum atomic E-state index is 11.2. The molecule has 2 rings (SSSR count). The maximum Gasteiger partial charge on any atom is 1.00 e. The van der Waals surface area contributed by atoms with Gasteiger partial charge in [-0.1, -0.05) is 42.5 Å². The number of hydrogen-bond donors (Lipinski definition) is 3. The van der Waals surface area contributed by atoms with E-state index in [1.54, 1.807) is 12.1 Å². The van der Waals surface area contributed by atoms with Crippen molar-refractivity contribution in [3.05, 3.63) is 42.5 Å². The van der Waals surface area contributed by atoms with Gasteiger partial charge in [-0.25, -0.2) is 4.57 Å². The molecule has 17 heavy (non-hydrogen) atoms. The summed E-state index contributed by atoms with van der Waals surface area (Å²) in [5.41, 5.74) is 0. The molecule has 3 N–H and O–H groups in total.